The number of anilines is 1. The van der Waals surface area contributed by atoms with Gasteiger partial charge < -0.3 is 10.4 Å². The molecule has 1 amide bonds. The Labute approximate surface area is 106 Å². The number of hydrogen-bond acceptors (Lipinski definition) is 2. The van der Waals surface area contributed by atoms with Crippen LogP contribution >= 0.6 is 0 Å². The number of halogens is 3. The number of hydrogen-bond donors (Lipinski definition) is 2. The van der Waals surface area contributed by atoms with Crippen molar-refractivity contribution in [2.75, 3.05) is 5.32 Å². The van der Waals surface area contributed by atoms with Gasteiger partial charge in [-0.3, -0.25) is 4.79 Å². The van der Waals surface area contributed by atoms with Crippen molar-refractivity contribution in [3.05, 3.63) is 59.4 Å². The van der Waals surface area contributed by atoms with E-state index in [1.54, 1.807) is 0 Å². The Morgan fingerprint density at radius 2 is 1.68 bits per heavy atom. The van der Waals surface area contributed by atoms with Crippen molar-refractivity contribution in [3.63, 3.8) is 0 Å². The lowest BCUT2D eigenvalue weighted by atomic mass is 10.2. The van der Waals surface area contributed by atoms with E-state index in [2.05, 4.69) is 5.32 Å². The third-order valence-corrected chi connectivity index (χ3v) is 2.38. The molecule has 0 aliphatic heterocycles. The van der Waals surface area contributed by atoms with Crippen molar-refractivity contribution in [1.29, 1.82) is 0 Å². The normalized spacial score (nSPS) is 10.3. The van der Waals surface area contributed by atoms with E-state index < -0.39 is 23.4 Å². The molecule has 0 bridgehead atoms. The lowest BCUT2D eigenvalue weighted by Gasteiger charge is -2.07. The lowest BCUT2D eigenvalue weighted by molar-refractivity contribution is 0.102. The number of rotatable bonds is 2. The predicted octanol–water partition coefficient (Wildman–Crippen LogP) is 3.06. The standard InChI is InChI=1S/C13H8F3NO2/c14-9-3-1-7(5-10(9)15)13(19)17-12-4-2-8(18)6-11(12)16/h1-6,18H,(H,17,19). The van der Waals surface area contributed by atoms with Crippen LogP contribution in [-0.2, 0) is 0 Å². The topological polar surface area (TPSA) is 49.3 Å². The van der Waals surface area contributed by atoms with Crippen LogP contribution in [0.25, 0.3) is 0 Å². The molecule has 0 unspecified atom stereocenters. The molecule has 6 heteroatoms. The number of aromatic hydroxyl groups is 1. The zero-order chi connectivity index (χ0) is 14.0. The van der Waals surface area contributed by atoms with Crippen LogP contribution in [0.2, 0.25) is 0 Å². The summed E-state index contributed by atoms with van der Waals surface area (Å²) in [6.45, 7) is 0. The van der Waals surface area contributed by atoms with Crippen molar-refractivity contribution in [2.24, 2.45) is 0 Å². The van der Waals surface area contributed by atoms with Crippen molar-refractivity contribution in [1.82, 2.24) is 0 Å². The second kappa shape index (κ2) is 5.01. The molecule has 0 radical (unpaired) electrons. The van der Waals surface area contributed by atoms with Gasteiger partial charge in [0.05, 0.1) is 5.69 Å². The fourth-order valence-electron chi connectivity index (χ4n) is 1.44. The average molecular weight is 267 g/mol. The van der Waals surface area contributed by atoms with Crippen LogP contribution in [0, 0.1) is 17.5 Å². The third kappa shape index (κ3) is 2.85. The molecule has 98 valence electrons. The Bertz CT molecular complexity index is 644. The van der Waals surface area contributed by atoms with Crippen LogP contribution in [0.3, 0.4) is 0 Å². The first-order valence-corrected chi connectivity index (χ1v) is 5.22. The van der Waals surface area contributed by atoms with Gasteiger partial charge >= 0.3 is 0 Å². The summed E-state index contributed by atoms with van der Waals surface area (Å²) in [6.07, 6.45) is 0. The summed E-state index contributed by atoms with van der Waals surface area (Å²) in [5.41, 5.74) is -0.320. The molecule has 0 saturated heterocycles. The van der Waals surface area contributed by atoms with E-state index in [0.717, 1.165) is 24.3 Å². The van der Waals surface area contributed by atoms with Crippen molar-refractivity contribution >= 4 is 11.6 Å². The van der Waals surface area contributed by atoms with Gasteiger partial charge in [-0.1, -0.05) is 0 Å². The first kappa shape index (κ1) is 12.9. The van der Waals surface area contributed by atoms with E-state index in [1.807, 2.05) is 0 Å². The zero-order valence-corrected chi connectivity index (χ0v) is 9.45. The number of nitrogens with one attached hydrogen (secondary N) is 1. The van der Waals surface area contributed by atoms with Gasteiger partial charge in [-0.2, -0.15) is 0 Å². The molecule has 0 spiro atoms. The van der Waals surface area contributed by atoms with E-state index in [4.69, 9.17) is 5.11 Å². The highest BCUT2D eigenvalue weighted by Gasteiger charge is 2.12. The molecule has 0 saturated carbocycles. The summed E-state index contributed by atoms with van der Waals surface area (Å²) < 4.78 is 39.0. The number of benzene rings is 2. The highest BCUT2D eigenvalue weighted by atomic mass is 19.2. The maximum atomic E-state index is 13.4. The predicted molar refractivity (Wildman–Crippen MR) is 62.4 cm³/mol. The van der Waals surface area contributed by atoms with Crippen LogP contribution in [0.15, 0.2) is 36.4 Å². The minimum atomic E-state index is -1.17. The highest BCUT2D eigenvalue weighted by Crippen LogP contribution is 2.20. The Kier molecular flexibility index (Phi) is 3.41. The molecule has 0 fully saturated rings. The second-order valence-electron chi connectivity index (χ2n) is 3.75. The van der Waals surface area contributed by atoms with E-state index in [9.17, 15) is 18.0 Å². The first-order valence-electron chi connectivity index (χ1n) is 5.22. The first-order chi connectivity index (χ1) is 8.97. The molecule has 0 aromatic heterocycles. The largest absolute Gasteiger partial charge is 0.508 e. The van der Waals surface area contributed by atoms with Crippen LogP contribution in [0.5, 0.6) is 5.75 Å². The SMILES string of the molecule is O=C(Nc1ccc(O)cc1F)c1ccc(F)c(F)c1. The molecule has 19 heavy (non-hydrogen) atoms. The molecule has 0 aliphatic carbocycles. The second-order valence-corrected chi connectivity index (χ2v) is 3.75. The average Bonchev–Trinajstić information content (AvgIpc) is 2.36. The molecule has 0 heterocycles. The summed E-state index contributed by atoms with van der Waals surface area (Å²) in [5, 5.41) is 11.2. The van der Waals surface area contributed by atoms with Crippen molar-refractivity contribution in [3.8, 4) is 5.75 Å². The lowest BCUT2D eigenvalue weighted by Crippen LogP contribution is -2.13. The van der Waals surface area contributed by atoms with Crippen LogP contribution < -0.4 is 5.32 Å². The van der Waals surface area contributed by atoms with Crippen molar-refractivity contribution in [2.45, 2.75) is 0 Å². The molecule has 3 nitrogen and oxygen atoms in total. The fourth-order valence-corrected chi connectivity index (χ4v) is 1.44. The maximum Gasteiger partial charge on any atom is 0.255 e. The van der Waals surface area contributed by atoms with Crippen LogP contribution in [0.1, 0.15) is 10.4 Å². The summed E-state index contributed by atoms with van der Waals surface area (Å²) in [5.74, 6) is -4.16. The number of carbonyl (C=O) groups is 1. The number of amides is 1. The minimum absolute atomic E-state index is 0.147. The van der Waals surface area contributed by atoms with Crippen molar-refractivity contribution < 1.29 is 23.1 Å². The van der Waals surface area contributed by atoms with Gasteiger partial charge in [0.1, 0.15) is 11.6 Å². The number of phenols is 1. The van der Waals surface area contributed by atoms with Gasteiger partial charge in [-0.25, -0.2) is 13.2 Å². The highest BCUT2D eigenvalue weighted by molar-refractivity contribution is 6.04. The molecule has 2 aromatic carbocycles. The molecule has 2 rings (SSSR count). The quantitative estimate of drug-likeness (QED) is 0.821. The molecule has 0 atom stereocenters. The smallest absolute Gasteiger partial charge is 0.255 e. The van der Waals surface area contributed by atoms with E-state index in [1.165, 1.54) is 6.07 Å². The maximum absolute atomic E-state index is 13.4. The molecule has 0 aliphatic rings. The van der Waals surface area contributed by atoms with Crippen LogP contribution in [-0.4, -0.2) is 11.0 Å². The van der Waals surface area contributed by atoms with Gasteiger partial charge in [-0.15, -0.1) is 0 Å². The molecular formula is C13H8F3NO2. The van der Waals surface area contributed by atoms with Gasteiger partial charge in [0.15, 0.2) is 11.6 Å². The molecule has 2 aromatic rings. The monoisotopic (exact) mass is 267 g/mol. The fraction of sp³-hybridized carbons (Fsp3) is 0. The van der Waals surface area contributed by atoms with Gasteiger partial charge in [0.25, 0.3) is 5.91 Å². The Hall–Kier alpha value is -2.50. The summed E-state index contributed by atoms with van der Waals surface area (Å²) in [6, 6.07) is 5.75. The zero-order valence-electron chi connectivity index (χ0n) is 9.45. The van der Waals surface area contributed by atoms with Gasteiger partial charge in [-0.05, 0) is 30.3 Å². The van der Waals surface area contributed by atoms with Gasteiger partial charge in [0.2, 0.25) is 0 Å². The Morgan fingerprint density at radius 3 is 2.32 bits per heavy atom. The minimum Gasteiger partial charge on any atom is -0.508 e. The molecule has 2 N–H and O–H groups in total. The summed E-state index contributed by atoms with van der Waals surface area (Å²) >= 11 is 0. The summed E-state index contributed by atoms with van der Waals surface area (Å²) in [7, 11) is 0. The Morgan fingerprint density at radius 1 is 0.947 bits per heavy atom. The van der Waals surface area contributed by atoms with E-state index in [-0.39, 0.29) is 17.0 Å². The van der Waals surface area contributed by atoms with Gasteiger partial charge in [0, 0.05) is 11.6 Å². The number of phenolic OH excluding ortho intramolecular Hbond substituents is 1. The molecular weight excluding hydrogens is 259 g/mol. The van der Waals surface area contributed by atoms with E-state index >= 15 is 0 Å². The number of carbonyl (C=O) groups excluding carboxylic acids is 1. The third-order valence-electron chi connectivity index (χ3n) is 2.38. The van der Waals surface area contributed by atoms with E-state index in [0.29, 0.717) is 6.07 Å². The van der Waals surface area contributed by atoms with Crippen LogP contribution in [0.4, 0.5) is 18.9 Å². The summed E-state index contributed by atoms with van der Waals surface area (Å²) in [4.78, 5) is 11.7. The Balaban J connectivity index is 2.23.